The molecular formula is C18H16N4O. The Morgan fingerprint density at radius 1 is 1.00 bits per heavy atom. The molecule has 0 aliphatic heterocycles. The van der Waals surface area contributed by atoms with Crippen molar-refractivity contribution in [2.24, 2.45) is 0 Å². The molecule has 0 atom stereocenters. The molecule has 23 heavy (non-hydrogen) atoms. The molecule has 5 heteroatoms. The van der Waals surface area contributed by atoms with Gasteiger partial charge in [0.2, 0.25) is 5.65 Å². The molecule has 0 unspecified atom stereocenters. The van der Waals surface area contributed by atoms with Crippen LogP contribution in [-0.4, -0.2) is 19.6 Å². The summed E-state index contributed by atoms with van der Waals surface area (Å²) >= 11 is 0. The van der Waals surface area contributed by atoms with Crippen molar-refractivity contribution in [1.29, 1.82) is 0 Å². The highest BCUT2D eigenvalue weighted by atomic mass is 16.5. The standard InChI is InChI=1S/C18H16N4O/c1-12(2)13-7-9-14(10-8-13)23-18-17-21-19-11-22(17)16-6-4-3-5-15(16)20-18/h3-12H,1-2H3. The average Bonchev–Trinajstić information content (AvgIpc) is 3.06. The van der Waals surface area contributed by atoms with Crippen LogP contribution in [0.2, 0.25) is 0 Å². The Morgan fingerprint density at radius 2 is 1.78 bits per heavy atom. The molecule has 2 aromatic heterocycles. The topological polar surface area (TPSA) is 52.3 Å². The predicted octanol–water partition coefficient (Wildman–Crippen LogP) is 4.19. The van der Waals surface area contributed by atoms with E-state index >= 15 is 0 Å². The van der Waals surface area contributed by atoms with E-state index in [2.05, 4.69) is 41.2 Å². The van der Waals surface area contributed by atoms with Gasteiger partial charge in [0.05, 0.1) is 11.0 Å². The van der Waals surface area contributed by atoms with Gasteiger partial charge in [-0.2, -0.15) is 0 Å². The lowest BCUT2D eigenvalue weighted by atomic mass is 10.0. The Bertz CT molecular complexity index is 973. The maximum absolute atomic E-state index is 5.96. The summed E-state index contributed by atoms with van der Waals surface area (Å²) in [6.45, 7) is 4.33. The molecule has 0 aliphatic carbocycles. The largest absolute Gasteiger partial charge is 0.436 e. The minimum atomic E-state index is 0.457. The highest BCUT2D eigenvalue weighted by molar-refractivity contribution is 5.79. The molecule has 4 rings (SSSR count). The Morgan fingerprint density at radius 3 is 2.57 bits per heavy atom. The average molecular weight is 304 g/mol. The summed E-state index contributed by atoms with van der Waals surface area (Å²) < 4.78 is 7.85. The van der Waals surface area contributed by atoms with Crippen molar-refractivity contribution in [2.45, 2.75) is 19.8 Å². The predicted molar refractivity (Wildman–Crippen MR) is 88.9 cm³/mol. The van der Waals surface area contributed by atoms with Gasteiger partial charge in [0.25, 0.3) is 5.88 Å². The summed E-state index contributed by atoms with van der Waals surface area (Å²) in [5, 5.41) is 8.12. The van der Waals surface area contributed by atoms with Crippen LogP contribution in [0.15, 0.2) is 54.9 Å². The number of para-hydroxylation sites is 2. The van der Waals surface area contributed by atoms with Gasteiger partial charge in [0.15, 0.2) is 0 Å². The van der Waals surface area contributed by atoms with Gasteiger partial charge in [-0.3, -0.25) is 4.40 Å². The Balaban J connectivity index is 1.79. The van der Waals surface area contributed by atoms with E-state index < -0.39 is 0 Å². The van der Waals surface area contributed by atoms with Crippen molar-refractivity contribution in [3.05, 3.63) is 60.4 Å². The smallest absolute Gasteiger partial charge is 0.266 e. The highest BCUT2D eigenvalue weighted by Crippen LogP contribution is 2.27. The molecule has 0 bridgehead atoms. The van der Waals surface area contributed by atoms with E-state index in [1.165, 1.54) is 5.56 Å². The van der Waals surface area contributed by atoms with E-state index in [0.717, 1.165) is 16.8 Å². The third kappa shape index (κ3) is 2.40. The second kappa shape index (κ2) is 5.35. The summed E-state index contributed by atoms with van der Waals surface area (Å²) in [5.41, 5.74) is 3.68. The maximum atomic E-state index is 5.96. The molecule has 114 valence electrons. The fraction of sp³-hybridized carbons (Fsp3) is 0.167. The number of hydrogen-bond donors (Lipinski definition) is 0. The van der Waals surface area contributed by atoms with Crippen LogP contribution >= 0.6 is 0 Å². The molecule has 2 heterocycles. The van der Waals surface area contributed by atoms with Crippen molar-refractivity contribution in [3.63, 3.8) is 0 Å². The molecule has 5 nitrogen and oxygen atoms in total. The minimum Gasteiger partial charge on any atom is -0.436 e. The van der Waals surface area contributed by atoms with Gasteiger partial charge in [-0.05, 0) is 35.7 Å². The number of rotatable bonds is 3. The van der Waals surface area contributed by atoms with E-state index in [1.807, 2.05) is 40.8 Å². The first-order chi connectivity index (χ1) is 11.2. The number of ether oxygens (including phenoxy) is 1. The first-order valence-electron chi connectivity index (χ1n) is 7.58. The fourth-order valence-corrected chi connectivity index (χ4v) is 2.58. The molecule has 0 radical (unpaired) electrons. The van der Waals surface area contributed by atoms with Gasteiger partial charge in [0, 0.05) is 0 Å². The first kappa shape index (κ1) is 13.7. The molecule has 0 amide bonds. The second-order valence-corrected chi connectivity index (χ2v) is 5.76. The van der Waals surface area contributed by atoms with Crippen molar-refractivity contribution in [1.82, 2.24) is 19.6 Å². The van der Waals surface area contributed by atoms with Crippen LogP contribution in [0.4, 0.5) is 0 Å². The van der Waals surface area contributed by atoms with Crippen LogP contribution in [0, 0.1) is 0 Å². The minimum absolute atomic E-state index is 0.457. The molecule has 0 N–H and O–H groups in total. The SMILES string of the molecule is CC(C)c1ccc(Oc2nc3ccccc3n3cnnc23)cc1. The zero-order valence-corrected chi connectivity index (χ0v) is 13.0. The van der Waals surface area contributed by atoms with Crippen molar-refractivity contribution in [3.8, 4) is 11.6 Å². The van der Waals surface area contributed by atoms with Crippen molar-refractivity contribution >= 4 is 16.7 Å². The fourth-order valence-electron chi connectivity index (χ4n) is 2.58. The summed E-state index contributed by atoms with van der Waals surface area (Å²) in [4.78, 5) is 4.58. The summed E-state index contributed by atoms with van der Waals surface area (Å²) in [7, 11) is 0. The molecular weight excluding hydrogens is 288 g/mol. The van der Waals surface area contributed by atoms with Gasteiger partial charge in [0.1, 0.15) is 12.1 Å². The van der Waals surface area contributed by atoms with E-state index in [4.69, 9.17) is 4.74 Å². The first-order valence-corrected chi connectivity index (χ1v) is 7.58. The molecule has 0 saturated heterocycles. The van der Waals surface area contributed by atoms with E-state index in [9.17, 15) is 0 Å². The van der Waals surface area contributed by atoms with Gasteiger partial charge >= 0.3 is 0 Å². The molecule has 0 aliphatic rings. The Hall–Kier alpha value is -2.95. The summed E-state index contributed by atoms with van der Waals surface area (Å²) in [6.07, 6.45) is 1.67. The second-order valence-electron chi connectivity index (χ2n) is 5.76. The third-order valence-electron chi connectivity index (χ3n) is 3.86. The van der Waals surface area contributed by atoms with Gasteiger partial charge < -0.3 is 4.74 Å². The lowest BCUT2D eigenvalue weighted by Gasteiger charge is -2.09. The van der Waals surface area contributed by atoms with Gasteiger partial charge in [-0.15, -0.1) is 10.2 Å². The molecule has 4 aromatic rings. The zero-order valence-electron chi connectivity index (χ0n) is 13.0. The lowest BCUT2D eigenvalue weighted by Crippen LogP contribution is -1.96. The van der Waals surface area contributed by atoms with Crippen LogP contribution in [0.5, 0.6) is 11.6 Å². The van der Waals surface area contributed by atoms with E-state index in [0.29, 0.717) is 17.4 Å². The monoisotopic (exact) mass is 304 g/mol. The van der Waals surface area contributed by atoms with Gasteiger partial charge in [-0.25, -0.2) is 4.98 Å². The Labute approximate surface area is 133 Å². The van der Waals surface area contributed by atoms with Crippen LogP contribution in [0.1, 0.15) is 25.3 Å². The lowest BCUT2D eigenvalue weighted by molar-refractivity contribution is 0.467. The molecule has 0 saturated carbocycles. The zero-order chi connectivity index (χ0) is 15.8. The number of aromatic nitrogens is 4. The maximum Gasteiger partial charge on any atom is 0.266 e. The van der Waals surface area contributed by atoms with E-state index in [-0.39, 0.29) is 0 Å². The summed E-state index contributed by atoms with van der Waals surface area (Å²) in [5.74, 6) is 1.69. The molecule has 0 spiro atoms. The number of hydrogen-bond acceptors (Lipinski definition) is 4. The van der Waals surface area contributed by atoms with Crippen LogP contribution in [0.3, 0.4) is 0 Å². The molecule has 0 fully saturated rings. The number of nitrogens with zero attached hydrogens (tertiary/aromatic N) is 4. The third-order valence-corrected chi connectivity index (χ3v) is 3.86. The van der Waals surface area contributed by atoms with Crippen molar-refractivity contribution in [2.75, 3.05) is 0 Å². The van der Waals surface area contributed by atoms with Crippen LogP contribution < -0.4 is 4.74 Å². The molecule has 2 aromatic carbocycles. The quantitative estimate of drug-likeness (QED) is 0.569. The Kier molecular flexibility index (Phi) is 3.19. The van der Waals surface area contributed by atoms with Gasteiger partial charge in [-0.1, -0.05) is 38.1 Å². The summed E-state index contributed by atoms with van der Waals surface area (Å²) in [6, 6.07) is 15.9. The van der Waals surface area contributed by atoms with Crippen molar-refractivity contribution < 1.29 is 4.74 Å². The van der Waals surface area contributed by atoms with Crippen LogP contribution in [-0.2, 0) is 0 Å². The normalized spacial score (nSPS) is 11.4. The number of benzene rings is 2. The number of fused-ring (bicyclic) bond motifs is 3. The van der Waals surface area contributed by atoms with E-state index in [1.54, 1.807) is 6.33 Å². The highest BCUT2D eigenvalue weighted by Gasteiger charge is 2.12. The van der Waals surface area contributed by atoms with Crippen LogP contribution in [0.25, 0.3) is 16.7 Å².